The maximum Gasteiger partial charge on any atom is 0.262 e. The van der Waals surface area contributed by atoms with Crippen LogP contribution >= 0.6 is 11.8 Å². The van der Waals surface area contributed by atoms with Crippen molar-refractivity contribution in [1.29, 1.82) is 0 Å². The molecule has 0 fully saturated rings. The van der Waals surface area contributed by atoms with Crippen molar-refractivity contribution in [2.45, 2.75) is 36.8 Å². The van der Waals surface area contributed by atoms with Gasteiger partial charge < -0.3 is 19.5 Å². The van der Waals surface area contributed by atoms with Gasteiger partial charge in [0.2, 0.25) is 12.7 Å². The maximum atomic E-state index is 13.0. The molecule has 4 rings (SSSR count). The van der Waals surface area contributed by atoms with Crippen molar-refractivity contribution in [2.75, 3.05) is 20.5 Å². The highest BCUT2D eigenvalue weighted by Gasteiger charge is 2.20. The number of carbonyl (C=O) groups is 1. The van der Waals surface area contributed by atoms with Crippen molar-refractivity contribution in [3.05, 3.63) is 58.4 Å². The van der Waals surface area contributed by atoms with E-state index in [-0.39, 0.29) is 18.3 Å². The van der Waals surface area contributed by atoms with E-state index in [0.29, 0.717) is 53.7 Å². The predicted octanol–water partition coefficient (Wildman–Crippen LogP) is 2.96. The summed E-state index contributed by atoms with van der Waals surface area (Å²) in [6, 6.07) is 12.8. The number of nitrogens with zero attached hydrogens (tertiary/aromatic N) is 2. The van der Waals surface area contributed by atoms with Gasteiger partial charge in [0.15, 0.2) is 16.7 Å². The van der Waals surface area contributed by atoms with Crippen LogP contribution in [-0.2, 0) is 22.6 Å². The lowest BCUT2D eigenvalue weighted by molar-refractivity contribution is -0.120. The maximum absolute atomic E-state index is 13.0. The topological polar surface area (TPSA) is 91.7 Å². The van der Waals surface area contributed by atoms with Gasteiger partial charge in [-0.2, -0.15) is 0 Å². The zero-order valence-electron chi connectivity index (χ0n) is 18.0. The van der Waals surface area contributed by atoms with Crippen LogP contribution in [0, 0.1) is 0 Å². The van der Waals surface area contributed by atoms with E-state index in [2.05, 4.69) is 10.3 Å². The fourth-order valence-electron chi connectivity index (χ4n) is 3.40. The Morgan fingerprint density at radius 3 is 2.91 bits per heavy atom. The van der Waals surface area contributed by atoms with E-state index in [1.807, 2.05) is 36.4 Å². The molecule has 0 saturated heterocycles. The molecule has 3 aromatic rings. The second-order valence-electron chi connectivity index (χ2n) is 7.38. The standard InChI is InChI=1S/C23H25N3O5S/c1-15(21(27)24-13-16-8-9-19-20(12-16)31-14-30-19)32-23-25-18-7-4-3-6-17(18)22(28)26(23)10-5-11-29-2/h3-4,6-9,12,15H,5,10-11,13-14H2,1-2H3,(H,24,27)/t15-/m1/s1. The Labute approximate surface area is 189 Å². The van der Waals surface area contributed by atoms with Crippen LogP contribution in [0.5, 0.6) is 11.5 Å². The van der Waals surface area contributed by atoms with E-state index in [1.165, 1.54) is 11.8 Å². The van der Waals surface area contributed by atoms with Gasteiger partial charge in [0.05, 0.1) is 16.2 Å². The van der Waals surface area contributed by atoms with E-state index >= 15 is 0 Å². The highest BCUT2D eigenvalue weighted by atomic mass is 32.2. The molecule has 0 unspecified atom stereocenters. The molecule has 1 aromatic heterocycles. The number of hydrogen-bond donors (Lipinski definition) is 1. The lowest BCUT2D eigenvalue weighted by atomic mass is 10.2. The Bertz CT molecular complexity index is 1180. The van der Waals surface area contributed by atoms with Gasteiger partial charge in [0.1, 0.15) is 0 Å². The highest BCUT2D eigenvalue weighted by Crippen LogP contribution is 2.32. The zero-order valence-corrected chi connectivity index (χ0v) is 18.8. The van der Waals surface area contributed by atoms with Gasteiger partial charge in [-0.25, -0.2) is 4.98 Å². The molecule has 0 spiro atoms. The van der Waals surface area contributed by atoms with Gasteiger partial charge in [-0.3, -0.25) is 14.2 Å². The van der Waals surface area contributed by atoms with Gasteiger partial charge in [0.25, 0.3) is 5.56 Å². The Morgan fingerprint density at radius 1 is 1.25 bits per heavy atom. The summed E-state index contributed by atoms with van der Waals surface area (Å²) in [5, 5.41) is 3.59. The largest absolute Gasteiger partial charge is 0.454 e. The average Bonchev–Trinajstić information content (AvgIpc) is 3.27. The molecule has 1 aliphatic heterocycles. The lowest BCUT2D eigenvalue weighted by Crippen LogP contribution is -2.31. The molecule has 0 aliphatic carbocycles. The minimum absolute atomic E-state index is 0.109. The van der Waals surface area contributed by atoms with Crippen LogP contribution < -0.4 is 20.3 Å². The van der Waals surface area contributed by atoms with Crippen LogP contribution in [0.2, 0.25) is 0 Å². The molecule has 1 atom stereocenters. The fourth-order valence-corrected chi connectivity index (χ4v) is 4.36. The molecule has 2 aromatic carbocycles. The number of methoxy groups -OCH3 is 1. The summed E-state index contributed by atoms with van der Waals surface area (Å²) >= 11 is 1.27. The van der Waals surface area contributed by atoms with Crippen molar-refractivity contribution in [2.24, 2.45) is 0 Å². The Balaban J connectivity index is 1.48. The minimum atomic E-state index is -0.439. The zero-order chi connectivity index (χ0) is 22.5. The van der Waals surface area contributed by atoms with Gasteiger partial charge in [-0.1, -0.05) is 30.0 Å². The number of rotatable bonds is 9. The molecule has 168 valence electrons. The van der Waals surface area contributed by atoms with Crippen molar-refractivity contribution in [1.82, 2.24) is 14.9 Å². The Hall–Kier alpha value is -3.04. The summed E-state index contributed by atoms with van der Waals surface area (Å²) in [6.45, 7) is 3.39. The summed E-state index contributed by atoms with van der Waals surface area (Å²) in [4.78, 5) is 30.5. The fraction of sp³-hybridized carbons (Fsp3) is 0.348. The second-order valence-corrected chi connectivity index (χ2v) is 8.69. The van der Waals surface area contributed by atoms with Gasteiger partial charge >= 0.3 is 0 Å². The number of ether oxygens (including phenoxy) is 3. The molecular weight excluding hydrogens is 430 g/mol. The molecule has 0 radical (unpaired) electrons. The molecule has 32 heavy (non-hydrogen) atoms. The van der Waals surface area contributed by atoms with Crippen molar-refractivity contribution >= 4 is 28.6 Å². The third-order valence-electron chi connectivity index (χ3n) is 5.11. The van der Waals surface area contributed by atoms with E-state index in [9.17, 15) is 9.59 Å². The van der Waals surface area contributed by atoms with Crippen LogP contribution in [0.3, 0.4) is 0 Å². The first-order valence-electron chi connectivity index (χ1n) is 10.4. The third kappa shape index (κ3) is 4.89. The predicted molar refractivity (Wildman–Crippen MR) is 122 cm³/mol. The van der Waals surface area contributed by atoms with E-state index < -0.39 is 5.25 Å². The number of fused-ring (bicyclic) bond motifs is 2. The van der Waals surface area contributed by atoms with E-state index in [4.69, 9.17) is 14.2 Å². The number of nitrogens with one attached hydrogen (secondary N) is 1. The molecule has 1 N–H and O–H groups in total. The first kappa shape index (κ1) is 22.2. The average molecular weight is 456 g/mol. The SMILES string of the molecule is COCCCn1c(S[C@H](C)C(=O)NCc2ccc3c(c2)OCO3)nc2ccccc2c1=O. The Morgan fingerprint density at radius 2 is 2.06 bits per heavy atom. The smallest absolute Gasteiger partial charge is 0.262 e. The molecular formula is C23H25N3O5S. The number of hydrogen-bond acceptors (Lipinski definition) is 7. The third-order valence-corrected chi connectivity index (χ3v) is 6.20. The first-order chi connectivity index (χ1) is 15.6. The number of carbonyl (C=O) groups excluding carboxylic acids is 1. The number of benzene rings is 2. The molecule has 8 nitrogen and oxygen atoms in total. The highest BCUT2D eigenvalue weighted by molar-refractivity contribution is 8.00. The molecule has 9 heteroatoms. The van der Waals surface area contributed by atoms with Gasteiger partial charge in [0, 0.05) is 26.8 Å². The molecule has 1 amide bonds. The summed E-state index contributed by atoms with van der Waals surface area (Å²) in [6.07, 6.45) is 0.675. The summed E-state index contributed by atoms with van der Waals surface area (Å²) in [5.74, 6) is 1.25. The lowest BCUT2D eigenvalue weighted by Gasteiger charge is -2.16. The van der Waals surface area contributed by atoms with Crippen LogP contribution in [0.4, 0.5) is 0 Å². The monoisotopic (exact) mass is 455 g/mol. The van der Waals surface area contributed by atoms with Gasteiger partial charge in [-0.15, -0.1) is 0 Å². The number of para-hydroxylation sites is 1. The molecule has 0 bridgehead atoms. The molecule has 1 aliphatic rings. The van der Waals surface area contributed by atoms with Gasteiger partial charge in [-0.05, 0) is 43.2 Å². The molecule has 0 saturated carbocycles. The van der Waals surface area contributed by atoms with Crippen LogP contribution in [0.15, 0.2) is 52.4 Å². The minimum Gasteiger partial charge on any atom is -0.454 e. The summed E-state index contributed by atoms with van der Waals surface area (Å²) in [7, 11) is 1.63. The van der Waals surface area contributed by atoms with Crippen LogP contribution in [0.25, 0.3) is 10.9 Å². The summed E-state index contributed by atoms with van der Waals surface area (Å²) < 4.78 is 17.5. The quantitative estimate of drug-likeness (QED) is 0.301. The second kappa shape index (κ2) is 10.1. The number of aromatic nitrogens is 2. The van der Waals surface area contributed by atoms with E-state index in [1.54, 1.807) is 24.7 Å². The normalized spacial score (nSPS) is 13.3. The van der Waals surface area contributed by atoms with Crippen LogP contribution in [-0.4, -0.2) is 41.2 Å². The van der Waals surface area contributed by atoms with Crippen LogP contribution in [0.1, 0.15) is 18.9 Å². The van der Waals surface area contributed by atoms with Crippen molar-refractivity contribution in [3.63, 3.8) is 0 Å². The summed E-state index contributed by atoms with van der Waals surface area (Å²) in [5.41, 5.74) is 1.43. The number of thioether (sulfide) groups is 1. The van der Waals surface area contributed by atoms with E-state index in [0.717, 1.165) is 5.56 Å². The van der Waals surface area contributed by atoms with Crippen molar-refractivity contribution in [3.8, 4) is 11.5 Å². The Kier molecular flexibility index (Phi) is 6.96. The van der Waals surface area contributed by atoms with Crippen molar-refractivity contribution < 1.29 is 19.0 Å². The molecule has 2 heterocycles. The number of amides is 1. The first-order valence-corrected chi connectivity index (χ1v) is 11.3.